The topological polar surface area (TPSA) is 46.3 Å². The number of carbonyl (C=O) groups excluding carboxylic acids is 1. The normalized spacial score (nSPS) is 14.3. The molecule has 1 heterocycles. The molecule has 0 atom stereocenters. The van der Waals surface area contributed by atoms with Gasteiger partial charge in [0.1, 0.15) is 0 Å². The molecule has 1 aromatic carbocycles. The van der Waals surface area contributed by atoms with Crippen molar-refractivity contribution in [3.63, 3.8) is 0 Å². The highest BCUT2D eigenvalue weighted by atomic mass is 16.2. The fourth-order valence-corrected chi connectivity index (χ4v) is 2.73. The van der Waals surface area contributed by atoms with Gasteiger partial charge in [0.2, 0.25) is 5.91 Å². The minimum atomic E-state index is 0.233. The van der Waals surface area contributed by atoms with Gasteiger partial charge in [-0.25, -0.2) is 0 Å². The summed E-state index contributed by atoms with van der Waals surface area (Å²) in [5.74, 6) is 0.233. The van der Waals surface area contributed by atoms with Gasteiger partial charge in [0.15, 0.2) is 0 Å². The quantitative estimate of drug-likeness (QED) is 0.827. The van der Waals surface area contributed by atoms with Gasteiger partial charge in [-0.15, -0.1) is 0 Å². The molecule has 19 heavy (non-hydrogen) atoms. The van der Waals surface area contributed by atoms with E-state index in [0.29, 0.717) is 6.42 Å². The van der Waals surface area contributed by atoms with E-state index >= 15 is 0 Å². The van der Waals surface area contributed by atoms with Gasteiger partial charge in [-0.1, -0.05) is 19.1 Å². The fraction of sp³-hybridized carbons (Fsp3) is 0.562. The molecule has 1 amide bonds. The number of amides is 1. The number of anilines is 1. The van der Waals surface area contributed by atoms with Crippen LogP contribution in [-0.4, -0.2) is 19.0 Å². The molecule has 0 saturated carbocycles. The average Bonchev–Trinajstić information content (AvgIpc) is 2.46. The van der Waals surface area contributed by atoms with Crippen LogP contribution in [0.15, 0.2) is 18.2 Å². The van der Waals surface area contributed by atoms with Gasteiger partial charge in [-0.2, -0.15) is 0 Å². The zero-order chi connectivity index (χ0) is 13.7. The number of hydrogen-bond donors (Lipinski definition) is 1. The lowest BCUT2D eigenvalue weighted by molar-refractivity contribution is -0.118. The Hall–Kier alpha value is -1.35. The minimum absolute atomic E-state index is 0.233. The van der Waals surface area contributed by atoms with Crippen LogP contribution in [-0.2, 0) is 17.6 Å². The van der Waals surface area contributed by atoms with E-state index in [0.717, 1.165) is 50.9 Å². The first kappa shape index (κ1) is 14.1. The number of fused-ring (bicyclic) bond motifs is 1. The Morgan fingerprint density at radius 2 is 2.21 bits per heavy atom. The average molecular weight is 260 g/mol. The first-order chi connectivity index (χ1) is 9.26. The fourth-order valence-electron chi connectivity index (χ4n) is 2.73. The zero-order valence-corrected chi connectivity index (χ0v) is 11.8. The lowest BCUT2D eigenvalue weighted by atomic mass is 9.97. The Morgan fingerprint density at radius 1 is 1.37 bits per heavy atom. The summed E-state index contributed by atoms with van der Waals surface area (Å²) in [5.41, 5.74) is 9.36. The van der Waals surface area contributed by atoms with Crippen molar-refractivity contribution in [2.24, 2.45) is 5.73 Å². The number of hydrogen-bond acceptors (Lipinski definition) is 2. The molecule has 0 spiro atoms. The summed E-state index contributed by atoms with van der Waals surface area (Å²) in [6.07, 6.45) is 6.06. The van der Waals surface area contributed by atoms with Gasteiger partial charge in [0.05, 0.1) is 0 Å². The van der Waals surface area contributed by atoms with Crippen molar-refractivity contribution < 1.29 is 4.79 Å². The van der Waals surface area contributed by atoms with Crippen molar-refractivity contribution in [3.8, 4) is 0 Å². The Morgan fingerprint density at radius 3 is 2.95 bits per heavy atom. The molecule has 2 rings (SSSR count). The van der Waals surface area contributed by atoms with Crippen LogP contribution in [0, 0.1) is 0 Å². The van der Waals surface area contributed by atoms with Crippen molar-refractivity contribution in [2.75, 3.05) is 18.0 Å². The molecule has 1 aliphatic heterocycles. The first-order valence-corrected chi connectivity index (χ1v) is 7.38. The zero-order valence-electron chi connectivity index (χ0n) is 11.8. The van der Waals surface area contributed by atoms with Gasteiger partial charge in [-0.05, 0) is 55.8 Å². The van der Waals surface area contributed by atoms with E-state index < -0.39 is 0 Å². The molecule has 2 N–H and O–H groups in total. The molecule has 104 valence electrons. The van der Waals surface area contributed by atoms with Gasteiger partial charge < -0.3 is 10.6 Å². The number of rotatable bonds is 5. The van der Waals surface area contributed by atoms with E-state index in [4.69, 9.17) is 5.73 Å². The number of carbonyl (C=O) groups is 1. The molecule has 0 saturated heterocycles. The lowest BCUT2D eigenvalue weighted by Gasteiger charge is -2.29. The molecule has 3 heteroatoms. The van der Waals surface area contributed by atoms with E-state index in [2.05, 4.69) is 18.2 Å². The van der Waals surface area contributed by atoms with E-state index in [1.54, 1.807) is 0 Å². The smallest absolute Gasteiger partial charge is 0.226 e. The maximum absolute atomic E-state index is 11.9. The van der Waals surface area contributed by atoms with Crippen molar-refractivity contribution >= 4 is 11.6 Å². The summed E-state index contributed by atoms with van der Waals surface area (Å²) >= 11 is 0. The van der Waals surface area contributed by atoms with E-state index in [1.807, 2.05) is 11.8 Å². The van der Waals surface area contributed by atoms with Crippen LogP contribution in [0.5, 0.6) is 0 Å². The second-order valence-corrected chi connectivity index (χ2v) is 5.21. The number of benzene rings is 1. The van der Waals surface area contributed by atoms with Crippen LogP contribution in [0.4, 0.5) is 5.69 Å². The highest BCUT2D eigenvalue weighted by molar-refractivity contribution is 5.94. The molecule has 0 unspecified atom stereocenters. The molecule has 1 aromatic rings. The maximum atomic E-state index is 11.9. The van der Waals surface area contributed by atoms with Crippen LogP contribution in [0.25, 0.3) is 0 Å². The van der Waals surface area contributed by atoms with Crippen LogP contribution in [0.3, 0.4) is 0 Å². The monoisotopic (exact) mass is 260 g/mol. The molecule has 0 bridgehead atoms. The largest absolute Gasteiger partial charge is 0.330 e. The second kappa shape index (κ2) is 6.71. The predicted molar refractivity (Wildman–Crippen MR) is 79.4 cm³/mol. The standard InChI is InChI=1S/C16H24N2O/c1-2-16(19)18-11-5-7-14-12-13(6-3-4-10-17)8-9-15(14)18/h8-9,12H,2-7,10-11,17H2,1H3. The number of unbranched alkanes of at least 4 members (excludes halogenated alkanes) is 1. The summed E-state index contributed by atoms with van der Waals surface area (Å²) in [6.45, 7) is 3.56. The third-order valence-corrected chi connectivity index (χ3v) is 3.79. The maximum Gasteiger partial charge on any atom is 0.226 e. The van der Waals surface area contributed by atoms with Crippen LogP contribution in [0.1, 0.15) is 43.7 Å². The Labute approximate surface area is 115 Å². The van der Waals surface area contributed by atoms with Gasteiger partial charge >= 0.3 is 0 Å². The van der Waals surface area contributed by atoms with E-state index in [9.17, 15) is 4.79 Å². The molecule has 0 aromatic heterocycles. The number of nitrogens with two attached hydrogens (primary N) is 1. The predicted octanol–water partition coefficient (Wildman–Crippen LogP) is 2.66. The van der Waals surface area contributed by atoms with Gasteiger partial charge in [0.25, 0.3) is 0 Å². The van der Waals surface area contributed by atoms with E-state index in [1.165, 1.54) is 11.1 Å². The van der Waals surface area contributed by atoms with Crippen molar-refractivity contribution in [1.82, 2.24) is 0 Å². The first-order valence-electron chi connectivity index (χ1n) is 7.38. The summed E-state index contributed by atoms with van der Waals surface area (Å²) < 4.78 is 0. The molecule has 0 aliphatic carbocycles. The highest BCUT2D eigenvalue weighted by Gasteiger charge is 2.21. The van der Waals surface area contributed by atoms with Gasteiger partial charge in [-0.3, -0.25) is 4.79 Å². The third-order valence-electron chi connectivity index (χ3n) is 3.79. The molecular formula is C16H24N2O. The van der Waals surface area contributed by atoms with Crippen molar-refractivity contribution in [1.29, 1.82) is 0 Å². The van der Waals surface area contributed by atoms with Crippen LogP contribution in [0.2, 0.25) is 0 Å². The number of nitrogens with zero attached hydrogens (tertiary/aromatic N) is 1. The molecule has 1 aliphatic rings. The highest BCUT2D eigenvalue weighted by Crippen LogP contribution is 2.29. The molecule has 0 fully saturated rings. The van der Waals surface area contributed by atoms with Crippen LogP contribution >= 0.6 is 0 Å². The lowest BCUT2D eigenvalue weighted by Crippen LogP contribution is -2.34. The summed E-state index contributed by atoms with van der Waals surface area (Å²) in [5, 5.41) is 0. The Kier molecular flexibility index (Phi) is 4.97. The second-order valence-electron chi connectivity index (χ2n) is 5.21. The number of aryl methyl sites for hydroxylation is 2. The van der Waals surface area contributed by atoms with Crippen molar-refractivity contribution in [2.45, 2.75) is 45.4 Å². The Bertz CT molecular complexity index is 442. The van der Waals surface area contributed by atoms with Crippen molar-refractivity contribution in [3.05, 3.63) is 29.3 Å². The van der Waals surface area contributed by atoms with E-state index in [-0.39, 0.29) is 5.91 Å². The summed E-state index contributed by atoms with van der Waals surface area (Å²) in [7, 11) is 0. The molecule has 3 nitrogen and oxygen atoms in total. The molecular weight excluding hydrogens is 236 g/mol. The van der Waals surface area contributed by atoms with Crippen LogP contribution < -0.4 is 10.6 Å². The Balaban J connectivity index is 2.13. The summed E-state index contributed by atoms with van der Waals surface area (Å²) in [4.78, 5) is 13.9. The molecule has 0 radical (unpaired) electrons. The SMILES string of the molecule is CCC(=O)N1CCCc2cc(CCCCN)ccc21. The van der Waals surface area contributed by atoms with Gasteiger partial charge in [0, 0.05) is 18.7 Å². The summed E-state index contributed by atoms with van der Waals surface area (Å²) in [6, 6.07) is 6.57. The minimum Gasteiger partial charge on any atom is -0.330 e. The third kappa shape index (κ3) is 3.35.